The van der Waals surface area contributed by atoms with Gasteiger partial charge in [0.2, 0.25) is 0 Å². The molecule has 0 amide bonds. The van der Waals surface area contributed by atoms with Crippen molar-refractivity contribution in [2.75, 3.05) is 14.2 Å². The second-order valence-corrected chi connectivity index (χ2v) is 2.44. The molecule has 0 radical (unpaired) electrons. The minimum absolute atomic E-state index is 0.305. The standard InChI is InChI=1S/C7H9ClN2O2/c1-11-4-6-9-3-5(12-2)7(8)10-6/h3H,4H2,1-2H3. The molecule has 1 rings (SSSR count). The van der Waals surface area contributed by atoms with Crippen molar-refractivity contribution in [3.63, 3.8) is 0 Å². The van der Waals surface area contributed by atoms with Crippen molar-refractivity contribution in [3.05, 3.63) is 17.2 Å². The van der Waals surface area contributed by atoms with E-state index in [-0.39, 0.29) is 0 Å². The second-order valence-electron chi connectivity index (χ2n) is 2.08. The van der Waals surface area contributed by atoms with Crippen LogP contribution < -0.4 is 4.74 Å². The number of rotatable bonds is 3. The minimum Gasteiger partial charge on any atom is -0.492 e. The zero-order valence-corrected chi connectivity index (χ0v) is 7.63. The van der Waals surface area contributed by atoms with Gasteiger partial charge in [0, 0.05) is 7.11 Å². The van der Waals surface area contributed by atoms with E-state index in [0.29, 0.717) is 23.3 Å². The summed E-state index contributed by atoms with van der Waals surface area (Å²) in [6.07, 6.45) is 1.52. The molecule has 0 saturated heterocycles. The molecule has 0 aliphatic carbocycles. The summed E-state index contributed by atoms with van der Waals surface area (Å²) >= 11 is 5.73. The van der Waals surface area contributed by atoms with Crippen LogP contribution in [0.25, 0.3) is 0 Å². The first-order chi connectivity index (χ1) is 5.77. The molecule has 12 heavy (non-hydrogen) atoms. The lowest BCUT2D eigenvalue weighted by molar-refractivity contribution is 0.177. The van der Waals surface area contributed by atoms with E-state index in [1.54, 1.807) is 7.11 Å². The van der Waals surface area contributed by atoms with Gasteiger partial charge in [-0.3, -0.25) is 0 Å². The summed E-state index contributed by atoms with van der Waals surface area (Å²) in [6, 6.07) is 0. The van der Waals surface area contributed by atoms with E-state index in [1.807, 2.05) is 0 Å². The van der Waals surface area contributed by atoms with Crippen LogP contribution in [-0.2, 0) is 11.3 Å². The van der Waals surface area contributed by atoms with Gasteiger partial charge in [0.05, 0.1) is 13.3 Å². The molecule has 0 bridgehead atoms. The van der Waals surface area contributed by atoms with Crippen LogP contribution in [0.3, 0.4) is 0 Å². The summed E-state index contributed by atoms with van der Waals surface area (Å²) in [5.74, 6) is 1.01. The summed E-state index contributed by atoms with van der Waals surface area (Å²) in [6.45, 7) is 0.351. The summed E-state index contributed by atoms with van der Waals surface area (Å²) < 4.78 is 9.71. The smallest absolute Gasteiger partial charge is 0.174 e. The van der Waals surface area contributed by atoms with Crippen LogP contribution in [0.1, 0.15) is 5.82 Å². The van der Waals surface area contributed by atoms with Crippen LogP contribution in [0.4, 0.5) is 0 Å². The van der Waals surface area contributed by atoms with Gasteiger partial charge in [0.25, 0.3) is 0 Å². The molecule has 1 aromatic rings. The van der Waals surface area contributed by atoms with Crippen molar-refractivity contribution in [2.24, 2.45) is 0 Å². The van der Waals surface area contributed by atoms with Crippen LogP contribution in [0.2, 0.25) is 5.15 Å². The Morgan fingerprint density at radius 2 is 2.25 bits per heavy atom. The third-order valence-corrected chi connectivity index (χ3v) is 1.53. The Morgan fingerprint density at radius 3 is 2.75 bits per heavy atom. The fourth-order valence-corrected chi connectivity index (χ4v) is 0.943. The third-order valence-electron chi connectivity index (χ3n) is 1.25. The molecule has 0 atom stereocenters. The monoisotopic (exact) mass is 188 g/mol. The Kier molecular flexibility index (Phi) is 3.25. The van der Waals surface area contributed by atoms with Gasteiger partial charge in [0.15, 0.2) is 16.7 Å². The molecule has 0 aliphatic heterocycles. The van der Waals surface area contributed by atoms with Crippen molar-refractivity contribution in [3.8, 4) is 5.75 Å². The molecule has 0 aliphatic rings. The summed E-state index contributed by atoms with van der Waals surface area (Å²) in [5, 5.41) is 0.305. The molecule has 4 nitrogen and oxygen atoms in total. The Balaban J connectivity index is 2.86. The van der Waals surface area contributed by atoms with Gasteiger partial charge in [-0.25, -0.2) is 9.97 Å². The highest BCUT2D eigenvalue weighted by molar-refractivity contribution is 6.30. The lowest BCUT2D eigenvalue weighted by Gasteiger charge is -2.02. The third kappa shape index (κ3) is 2.06. The fraction of sp³-hybridized carbons (Fsp3) is 0.429. The maximum Gasteiger partial charge on any atom is 0.174 e. The second kappa shape index (κ2) is 4.23. The minimum atomic E-state index is 0.305. The zero-order valence-electron chi connectivity index (χ0n) is 6.87. The summed E-state index contributed by atoms with van der Waals surface area (Å²) in [5.41, 5.74) is 0. The number of nitrogens with zero attached hydrogens (tertiary/aromatic N) is 2. The first-order valence-corrected chi connectivity index (χ1v) is 3.70. The molecule has 0 unspecified atom stereocenters. The van der Waals surface area contributed by atoms with Gasteiger partial charge in [-0.15, -0.1) is 0 Å². The molecular formula is C7H9ClN2O2. The number of ether oxygens (including phenoxy) is 2. The van der Waals surface area contributed by atoms with Gasteiger partial charge in [0.1, 0.15) is 6.61 Å². The highest BCUT2D eigenvalue weighted by atomic mass is 35.5. The van der Waals surface area contributed by atoms with Gasteiger partial charge in [-0.2, -0.15) is 0 Å². The van der Waals surface area contributed by atoms with E-state index in [2.05, 4.69) is 9.97 Å². The summed E-state index contributed by atoms with van der Waals surface area (Å²) in [7, 11) is 3.09. The SMILES string of the molecule is COCc1ncc(OC)c(Cl)n1. The van der Waals surface area contributed by atoms with Crippen molar-refractivity contribution in [2.45, 2.75) is 6.61 Å². The number of aromatic nitrogens is 2. The molecule has 0 spiro atoms. The van der Waals surface area contributed by atoms with Crippen molar-refractivity contribution < 1.29 is 9.47 Å². The van der Waals surface area contributed by atoms with Crippen LogP contribution in [-0.4, -0.2) is 24.2 Å². The van der Waals surface area contributed by atoms with Crippen molar-refractivity contribution in [1.82, 2.24) is 9.97 Å². The van der Waals surface area contributed by atoms with E-state index in [9.17, 15) is 0 Å². The van der Waals surface area contributed by atoms with Gasteiger partial charge in [-0.05, 0) is 0 Å². The average molecular weight is 189 g/mol. The average Bonchev–Trinajstić information content (AvgIpc) is 2.05. The lowest BCUT2D eigenvalue weighted by Crippen LogP contribution is -1.98. The van der Waals surface area contributed by atoms with E-state index < -0.39 is 0 Å². The van der Waals surface area contributed by atoms with E-state index >= 15 is 0 Å². The topological polar surface area (TPSA) is 44.2 Å². The molecule has 0 N–H and O–H groups in total. The molecule has 5 heteroatoms. The van der Waals surface area contributed by atoms with E-state index in [0.717, 1.165) is 0 Å². The van der Waals surface area contributed by atoms with Gasteiger partial charge < -0.3 is 9.47 Å². The first kappa shape index (κ1) is 9.22. The summed E-state index contributed by atoms with van der Waals surface area (Å²) in [4.78, 5) is 7.89. The van der Waals surface area contributed by atoms with Crippen molar-refractivity contribution in [1.29, 1.82) is 0 Å². The lowest BCUT2D eigenvalue weighted by atomic mass is 10.5. The quantitative estimate of drug-likeness (QED) is 0.671. The van der Waals surface area contributed by atoms with Crippen LogP contribution in [0.15, 0.2) is 6.20 Å². The predicted molar refractivity (Wildman–Crippen MR) is 44.3 cm³/mol. The zero-order chi connectivity index (χ0) is 8.97. The molecule has 66 valence electrons. The van der Waals surface area contributed by atoms with Gasteiger partial charge >= 0.3 is 0 Å². The Hall–Kier alpha value is -0.870. The molecule has 1 heterocycles. The van der Waals surface area contributed by atoms with Crippen LogP contribution in [0.5, 0.6) is 5.75 Å². The normalized spacial score (nSPS) is 9.92. The maximum atomic E-state index is 5.73. The van der Waals surface area contributed by atoms with Crippen LogP contribution in [0, 0.1) is 0 Å². The predicted octanol–water partition coefficient (Wildman–Crippen LogP) is 1.28. The molecule has 0 aromatic carbocycles. The largest absolute Gasteiger partial charge is 0.492 e. The highest BCUT2D eigenvalue weighted by Gasteiger charge is 2.03. The maximum absolute atomic E-state index is 5.73. The number of halogens is 1. The van der Waals surface area contributed by atoms with Crippen LogP contribution >= 0.6 is 11.6 Å². The molecule has 0 saturated carbocycles. The fourth-order valence-electron chi connectivity index (χ4n) is 0.719. The molecule has 0 fully saturated rings. The van der Waals surface area contributed by atoms with Gasteiger partial charge in [-0.1, -0.05) is 11.6 Å². The number of methoxy groups -OCH3 is 2. The van der Waals surface area contributed by atoms with Crippen molar-refractivity contribution >= 4 is 11.6 Å². The Bertz CT molecular complexity index is 268. The molecule has 1 aromatic heterocycles. The van der Waals surface area contributed by atoms with E-state index in [4.69, 9.17) is 21.1 Å². The Labute approximate surface area is 75.5 Å². The highest BCUT2D eigenvalue weighted by Crippen LogP contribution is 2.19. The first-order valence-electron chi connectivity index (χ1n) is 3.32. The molecular weight excluding hydrogens is 180 g/mol. The Morgan fingerprint density at radius 1 is 1.50 bits per heavy atom. The number of hydrogen-bond donors (Lipinski definition) is 0. The number of hydrogen-bond acceptors (Lipinski definition) is 4. The van der Waals surface area contributed by atoms with E-state index in [1.165, 1.54) is 13.3 Å².